The van der Waals surface area contributed by atoms with E-state index in [2.05, 4.69) is 195 Å². The molecule has 0 radical (unpaired) electrons. The highest BCUT2D eigenvalue weighted by atomic mass is 16.3. The number of fused-ring (bicyclic) bond motifs is 9. The second-order valence-corrected chi connectivity index (χ2v) is 15.9. The van der Waals surface area contributed by atoms with Crippen molar-refractivity contribution in [3.05, 3.63) is 186 Å². The lowest BCUT2D eigenvalue weighted by molar-refractivity contribution is 0.657. The maximum atomic E-state index is 6.86. The Hall–Kier alpha value is -7.04. The number of nitrogens with zero attached hydrogens (tertiary/aromatic N) is 2. The molecule has 0 spiro atoms. The van der Waals surface area contributed by atoms with Crippen LogP contribution in [0.5, 0.6) is 0 Å². The minimum Gasteiger partial charge on any atom is -0.456 e. The Bertz CT molecular complexity index is 3330. The van der Waals surface area contributed by atoms with Gasteiger partial charge < -0.3 is 18.6 Å². The van der Waals surface area contributed by atoms with E-state index in [9.17, 15) is 0 Å². The molecular formula is C54H42N2O2. The molecule has 0 saturated heterocycles. The van der Waals surface area contributed by atoms with Gasteiger partial charge in [-0.3, -0.25) is 0 Å². The molecule has 1 aliphatic rings. The Morgan fingerprint density at radius 2 is 0.966 bits per heavy atom. The van der Waals surface area contributed by atoms with E-state index >= 15 is 0 Å². The quantitative estimate of drug-likeness (QED) is 0.169. The standard InChI is InChI=1S/C54H42N2O2/c1-33-13-11-19-43(25-33)55(41-15-7-5-8-16-41)45-23-21-37-29-47-49(31-39(37)27-45)57-53-35(3)36(4)54-52(51(47)53)48-30-38-22-24-46(28-40(38)32-50(48)58-54)56(42-17-9-6-10-18-42)44-20-12-14-34(2)26-44/h5-11,13-19,21-32H,12,20H2,1-4H3. The summed E-state index contributed by atoms with van der Waals surface area (Å²) >= 11 is 0. The van der Waals surface area contributed by atoms with E-state index in [0.717, 1.165) is 112 Å². The first kappa shape index (κ1) is 34.2. The summed E-state index contributed by atoms with van der Waals surface area (Å²) in [6.45, 7) is 8.64. The third-order valence-corrected chi connectivity index (χ3v) is 12.1. The van der Waals surface area contributed by atoms with Gasteiger partial charge >= 0.3 is 0 Å². The van der Waals surface area contributed by atoms with Crippen molar-refractivity contribution < 1.29 is 8.83 Å². The molecule has 0 unspecified atom stereocenters. The van der Waals surface area contributed by atoms with Crippen LogP contribution in [-0.2, 0) is 0 Å². The second-order valence-electron chi connectivity index (χ2n) is 15.9. The zero-order valence-corrected chi connectivity index (χ0v) is 33.1. The fourth-order valence-electron chi connectivity index (χ4n) is 9.16. The Balaban J connectivity index is 1.08. The van der Waals surface area contributed by atoms with Gasteiger partial charge in [-0.25, -0.2) is 0 Å². The van der Waals surface area contributed by atoms with Crippen molar-refractivity contribution in [2.24, 2.45) is 0 Å². The van der Waals surface area contributed by atoms with E-state index in [-0.39, 0.29) is 0 Å². The van der Waals surface area contributed by atoms with Gasteiger partial charge in [0.25, 0.3) is 0 Å². The van der Waals surface area contributed by atoms with E-state index in [0.29, 0.717) is 0 Å². The average molecular weight is 751 g/mol. The van der Waals surface area contributed by atoms with E-state index in [1.807, 2.05) is 0 Å². The monoisotopic (exact) mass is 750 g/mol. The normalized spacial score (nSPS) is 13.2. The van der Waals surface area contributed by atoms with Crippen LogP contribution in [0.15, 0.2) is 178 Å². The van der Waals surface area contributed by atoms with E-state index in [1.54, 1.807) is 0 Å². The van der Waals surface area contributed by atoms with E-state index in [4.69, 9.17) is 8.83 Å². The van der Waals surface area contributed by atoms with Crippen LogP contribution in [0.2, 0.25) is 0 Å². The molecule has 10 aromatic rings. The Morgan fingerprint density at radius 1 is 0.448 bits per heavy atom. The van der Waals surface area contributed by atoms with Crippen molar-refractivity contribution in [3.8, 4) is 0 Å². The van der Waals surface area contributed by atoms with E-state index in [1.165, 1.54) is 22.2 Å². The summed E-state index contributed by atoms with van der Waals surface area (Å²) in [5.41, 5.74) is 15.3. The Kier molecular flexibility index (Phi) is 7.84. The lowest BCUT2D eigenvalue weighted by Gasteiger charge is -2.29. The largest absolute Gasteiger partial charge is 0.456 e. The summed E-state index contributed by atoms with van der Waals surface area (Å²) in [5, 5.41) is 9.04. The first-order chi connectivity index (χ1) is 28.4. The van der Waals surface area contributed by atoms with Crippen molar-refractivity contribution >= 4 is 93.9 Å². The van der Waals surface area contributed by atoms with E-state index < -0.39 is 0 Å². The number of benzene rings is 8. The van der Waals surface area contributed by atoms with Crippen molar-refractivity contribution in [1.82, 2.24) is 0 Å². The molecule has 0 atom stereocenters. The maximum absolute atomic E-state index is 6.86. The lowest BCUT2D eigenvalue weighted by atomic mass is 9.96. The topological polar surface area (TPSA) is 32.8 Å². The molecule has 0 amide bonds. The van der Waals surface area contributed by atoms with Gasteiger partial charge in [0.05, 0.1) is 0 Å². The molecule has 4 heteroatoms. The third kappa shape index (κ3) is 5.51. The van der Waals surface area contributed by atoms with Gasteiger partial charge in [-0.05, 0) is 170 Å². The number of allylic oxidation sites excluding steroid dienone is 4. The molecule has 0 aliphatic heterocycles. The van der Waals surface area contributed by atoms with Crippen LogP contribution in [0.1, 0.15) is 36.5 Å². The number of anilines is 5. The predicted octanol–water partition coefficient (Wildman–Crippen LogP) is 15.9. The van der Waals surface area contributed by atoms with Gasteiger partial charge in [-0.1, -0.05) is 72.3 Å². The second kappa shape index (κ2) is 13.3. The highest BCUT2D eigenvalue weighted by molar-refractivity contribution is 6.29. The molecule has 4 nitrogen and oxygen atoms in total. The third-order valence-electron chi connectivity index (χ3n) is 12.1. The summed E-state index contributed by atoms with van der Waals surface area (Å²) in [6, 6.07) is 52.6. The van der Waals surface area contributed by atoms with Gasteiger partial charge in [0.1, 0.15) is 22.3 Å². The van der Waals surface area contributed by atoms with Crippen LogP contribution in [0, 0.1) is 20.8 Å². The minimum absolute atomic E-state index is 0.874. The molecule has 0 saturated carbocycles. The first-order valence-corrected chi connectivity index (χ1v) is 20.2. The van der Waals surface area contributed by atoms with Crippen LogP contribution >= 0.6 is 0 Å². The Labute approximate surface area is 337 Å². The highest BCUT2D eigenvalue weighted by Gasteiger charge is 2.23. The SMILES string of the molecule is CC1=CCCC(N(c2ccccc2)c2ccc3cc4c(cc3c2)oc2c(C)c(C)c3oc5cc6cc(N(c7ccccc7)c7cccc(C)c7)ccc6cc5c3c24)=C1. The smallest absolute Gasteiger partial charge is 0.139 e. The fourth-order valence-corrected chi connectivity index (χ4v) is 9.16. The number of hydrogen-bond acceptors (Lipinski definition) is 4. The first-order valence-electron chi connectivity index (χ1n) is 20.2. The minimum atomic E-state index is 0.874. The number of furan rings is 2. The van der Waals surface area contributed by atoms with Crippen molar-refractivity contribution in [3.63, 3.8) is 0 Å². The molecule has 0 bridgehead atoms. The molecule has 1 aliphatic carbocycles. The van der Waals surface area contributed by atoms with Crippen LogP contribution in [0.25, 0.3) is 65.4 Å². The fraction of sp³-hybridized carbons (Fsp3) is 0.111. The number of aryl methyl sites for hydroxylation is 3. The van der Waals surface area contributed by atoms with Crippen molar-refractivity contribution in [1.29, 1.82) is 0 Å². The molecule has 280 valence electrons. The molecule has 0 fully saturated rings. The summed E-state index contributed by atoms with van der Waals surface area (Å²) in [7, 11) is 0. The van der Waals surface area contributed by atoms with Gasteiger partial charge in [-0.2, -0.15) is 0 Å². The zero-order valence-electron chi connectivity index (χ0n) is 33.1. The van der Waals surface area contributed by atoms with Crippen LogP contribution in [-0.4, -0.2) is 0 Å². The van der Waals surface area contributed by atoms with Crippen molar-refractivity contribution in [2.75, 3.05) is 9.80 Å². The maximum Gasteiger partial charge on any atom is 0.139 e. The van der Waals surface area contributed by atoms with Gasteiger partial charge in [0.2, 0.25) is 0 Å². The average Bonchev–Trinajstić information content (AvgIpc) is 3.80. The molecule has 11 rings (SSSR count). The number of para-hydroxylation sites is 2. The van der Waals surface area contributed by atoms with Crippen LogP contribution in [0.4, 0.5) is 28.4 Å². The summed E-state index contributed by atoms with van der Waals surface area (Å²) in [4.78, 5) is 4.73. The van der Waals surface area contributed by atoms with Crippen LogP contribution < -0.4 is 9.80 Å². The highest BCUT2D eigenvalue weighted by Crippen LogP contribution is 2.46. The zero-order chi connectivity index (χ0) is 39.1. The Morgan fingerprint density at radius 3 is 1.52 bits per heavy atom. The molecule has 2 aromatic heterocycles. The molecule has 0 N–H and O–H groups in total. The van der Waals surface area contributed by atoms with Crippen molar-refractivity contribution in [2.45, 2.75) is 40.5 Å². The van der Waals surface area contributed by atoms with Gasteiger partial charge in [0.15, 0.2) is 0 Å². The van der Waals surface area contributed by atoms with Gasteiger partial charge in [-0.15, -0.1) is 0 Å². The van der Waals surface area contributed by atoms with Gasteiger partial charge in [0, 0.05) is 55.7 Å². The van der Waals surface area contributed by atoms with Crippen LogP contribution in [0.3, 0.4) is 0 Å². The molecular weight excluding hydrogens is 709 g/mol. The lowest BCUT2D eigenvalue weighted by Crippen LogP contribution is -2.17. The molecule has 8 aromatic carbocycles. The summed E-state index contributed by atoms with van der Waals surface area (Å²) < 4.78 is 13.7. The molecule has 58 heavy (non-hydrogen) atoms. The predicted molar refractivity (Wildman–Crippen MR) is 245 cm³/mol. The number of rotatable bonds is 6. The number of hydrogen-bond donors (Lipinski definition) is 0. The summed E-state index contributed by atoms with van der Waals surface area (Å²) in [5.74, 6) is 0. The summed E-state index contributed by atoms with van der Waals surface area (Å²) in [6.07, 6.45) is 6.68. The molecule has 2 heterocycles.